The van der Waals surface area contributed by atoms with E-state index < -0.39 is 0 Å². The van der Waals surface area contributed by atoms with Crippen molar-refractivity contribution in [1.82, 2.24) is 5.32 Å². The Morgan fingerprint density at radius 3 is 2.65 bits per heavy atom. The van der Waals surface area contributed by atoms with E-state index in [1.54, 1.807) is 0 Å². The Balaban J connectivity index is 1.82. The molecule has 2 heterocycles. The molecule has 0 saturated heterocycles. The summed E-state index contributed by atoms with van der Waals surface area (Å²) in [4.78, 5) is 2.98. The monoisotopic (exact) mass is 265 g/mol. The summed E-state index contributed by atoms with van der Waals surface area (Å²) < 4.78 is 0. The minimum atomic E-state index is 0.542. The van der Waals surface area contributed by atoms with E-state index in [2.05, 4.69) is 47.3 Å². The third-order valence-corrected chi connectivity index (χ3v) is 4.76. The predicted octanol–water partition coefficient (Wildman–Crippen LogP) is 4.48. The zero-order valence-electron chi connectivity index (χ0n) is 10.2. The molecule has 1 unspecified atom stereocenters. The van der Waals surface area contributed by atoms with Crippen LogP contribution in [-0.4, -0.2) is 6.54 Å². The molecule has 1 N–H and O–H groups in total. The molecule has 0 aliphatic carbocycles. The highest BCUT2D eigenvalue weighted by atomic mass is 32.1. The van der Waals surface area contributed by atoms with Gasteiger partial charge in [-0.05, 0) is 48.7 Å². The number of hydrogen-bond donors (Lipinski definition) is 1. The molecule has 0 amide bonds. The molecule has 0 spiro atoms. The van der Waals surface area contributed by atoms with Crippen LogP contribution in [0.3, 0.4) is 0 Å². The maximum atomic E-state index is 3.58. The third kappa shape index (κ3) is 3.95. The van der Waals surface area contributed by atoms with E-state index >= 15 is 0 Å². The van der Waals surface area contributed by atoms with Gasteiger partial charge in [-0.1, -0.05) is 19.1 Å². The molecule has 0 fully saturated rings. The van der Waals surface area contributed by atoms with Gasteiger partial charge < -0.3 is 5.32 Å². The lowest BCUT2D eigenvalue weighted by Crippen LogP contribution is -2.20. The van der Waals surface area contributed by atoms with Gasteiger partial charge in [-0.15, -0.1) is 22.7 Å². The highest BCUT2D eigenvalue weighted by Gasteiger charge is 2.10. The molecular weight excluding hydrogens is 246 g/mol. The minimum Gasteiger partial charge on any atom is -0.310 e. The Hall–Kier alpha value is -0.640. The lowest BCUT2D eigenvalue weighted by atomic mass is 10.1. The largest absolute Gasteiger partial charge is 0.310 e. The fourth-order valence-electron chi connectivity index (χ4n) is 2.02. The molecule has 2 rings (SSSR count). The van der Waals surface area contributed by atoms with E-state index in [0.29, 0.717) is 6.04 Å². The van der Waals surface area contributed by atoms with Crippen LogP contribution in [0.1, 0.15) is 35.6 Å². The zero-order valence-corrected chi connectivity index (χ0v) is 11.8. The van der Waals surface area contributed by atoms with Crippen LogP contribution in [-0.2, 0) is 6.42 Å². The number of thiophene rings is 2. The zero-order chi connectivity index (χ0) is 11.9. The van der Waals surface area contributed by atoms with E-state index in [4.69, 9.17) is 0 Å². The summed E-state index contributed by atoms with van der Waals surface area (Å²) in [5.74, 6) is 0. The van der Waals surface area contributed by atoms with Gasteiger partial charge in [0.25, 0.3) is 0 Å². The normalized spacial score (nSPS) is 12.8. The van der Waals surface area contributed by atoms with Crippen LogP contribution in [0.4, 0.5) is 0 Å². The first-order valence-corrected chi connectivity index (χ1v) is 7.95. The average molecular weight is 265 g/mol. The molecular formula is C14H19NS2. The minimum absolute atomic E-state index is 0.542. The molecule has 1 nitrogen and oxygen atoms in total. The molecule has 0 saturated carbocycles. The summed E-state index contributed by atoms with van der Waals surface area (Å²) in [5.41, 5.74) is 0. The SMILES string of the molecule is CCNC(CCCc1cccs1)c1cccs1. The number of nitrogens with one attached hydrogen (secondary N) is 1. The summed E-state index contributed by atoms with van der Waals surface area (Å²) in [5, 5.41) is 7.91. The van der Waals surface area contributed by atoms with Gasteiger partial charge in [0.05, 0.1) is 0 Å². The van der Waals surface area contributed by atoms with Crippen molar-refractivity contribution >= 4 is 22.7 Å². The highest BCUT2D eigenvalue weighted by molar-refractivity contribution is 7.10. The fraction of sp³-hybridized carbons (Fsp3) is 0.429. The van der Waals surface area contributed by atoms with Crippen LogP contribution in [0.2, 0.25) is 0 Å². The molecule has 3 heteroatoms. The van der Waals surface area contributed by atoms with Crippen LogP contribution < -0.4 is 5.32 Å². The van der Waals surface area contributed by atoms with Crippen LogP contribution in [0, 0.1) is 0 Å². The summed E-state index contributed by atoms with van der Waals surface area (Å²) in [7, 11) is 0. The Labute approximate surface area is 112 Å². The van der Waals surface area contributed by atoms with Crippen molar-refractivity contribution in [2.45, 2.75) is 32.2 Å². The number of aryl methyl sites for hydroxylation is 1. The van der Waals surface area contributed by atoms with Crippen molar-refractivity contribution < 1.29 is 0 Å². The molecule has 0 aliphatic rings. The van der Waals surface area contributed by atoms with Crippen LogP contribution in [0.5, 0.6) is 0 Å². The second kappa shape index (κ2) is 6.94. The second-order valence-electron chi connectivity index (χ2n) is 4.10. The summed E-state index contributed by atoms with van der Waals surface area (Å²) in [6.07, 6.45) is 3.70. The maximum Gasteiger partial charge on any atom is 0.0414 e. The molecule has 0 radical (unpaired) electrons. The van der Waals surface area contributed by atoms with Gasteiger partial charge in [0.2, 0.25) is 0 Å². The first-order valence-electron chi connectivity index (χ1n) is 6.19. The van der Waals surface area contributed by atoms with Gasteiger partial charge in [0.15, 0.2) is 0 Å². The molecule has 92 valence electrons. The van der Waals surface area contributed by atoms with Crippen LogP contribution >= 0.6 is 22.7 Å². The molecule has 0 bridgehead atoms. The second-order valence-corrected chi connectivity index (χ2v) is 6.11. The molecule has 17 heavy (non-hydrogen) atoms. The molecule has 1 atom stereocenters. The van der Waals surface area contributed by atoms with Crippen molar-refractivity contribution in [3.8, 4) is 0 Å². The van der Waals surface area contributed by atoms with Crippen molar-refractivity contribution in [1.29, 1.82) is 0 Å². The van der Waals surface area contributed by atoms with Crippen molar-refractivity contribution in [2.75, 3.05) is 6.54 Å². The van der Waals surface area contributed by atoms with Crippen LogP contribution in [0.25, 0.3) is 0 Å². The van der Waals surface area contributed by atoms with Gasteiger partial charge >= 0.3 is 0 Å². The number of hydrogen-bond acceptors (Lipinski definition) is 3. The average Bonchev–Trinajstić information content (AvgIpc) is 3.01. The Morgan fingerprint density at radius 2 is 2.00 bits per heavy atom. The van der Waals surface area contributed by atoms with Crippen molar-refractivity contribution in [3.05, 3.63) is 44.8 Å². The van der Waals surface area contributed by atoms with Gasteiger partial charge in [-0.2, -0.15) is 0 Å². The van der Waals surface area contributed by atoms with E-state index in [1.165, 1.54) is 29.0 Å². The third-order valence-electron chi connectivity index (χ3n) is 2.83. The van der Waals surface area contributed by atoms with E-state index in [0.717, 1.165) is 6.54 Å². The standard InChI is InChI=1S/C14H19NS2/c1-2-15-13(14-9-5-11-17-14)8-3-6-12-7-4-10-16-12/h4-5,7,9-11,13,15H,2-3,6,8H2,1H3. The Kier molecular flexibility index (Phi) is 5.23. The van der Waals surface area contributed by atoms with Gasteiger partial charge in [-0.25, -0.2) is 0 Å². The Morgan fingerprint density at radius 1 is 1.18 bits per heavy atom. The van der Waals surface area contributed by atoms with Crippen LogP contribution in [0.15, 0.2) is 35.0 Å². The molecule has 2 aromatic rings. The van der Waals surface area contributed by atoms with E-state index in [-0.39, 0.29) is 0 Å². The van der Waals surface area contributed by atoms with Crippen molar-refractivity contribution in [2.24, 2.45) is 0 Å². The fourth-order valence-corrected chi connectivity index (χ4v) is 3.60. The van der Waals surface area contributed by atoms with E-state index in [1.807, 2.05) is 22.7 Å². The lowest BCUT2D eigenvalue weighted by molar-refractivity contribution is 0.506. The molecule has 2 aromatic heterocycles. The molecule has 0 aliphatic heterocycles. The Bertz CT molecular complexity index is 392. The van der Waals surface area contributed by atoms with E-state index in [9.17, 15) is 0 Å². The van der Waals surface area contributed by atoms with Gasteiger partial charge in [0.1, 0.15) is 0 Å². The van der Waals surface area contributed by atoms with Crippen molar-refractivity contribution in [3.63, 3.8) is 0 Å². The molecule has 0 aromatic carbocycles. The quantitative estimate of drug-likeness (QED) is 0.778. The summed E-state index contributed by atoms with van der Waals surface area (Å²) in [6.45, 7) is 3.22. The van der Waals surface area contributed by atoms with Gasteiger partial charge in [-0.3, -0.25) is 0 Å². The smallest absolute Gasteiger partial charge is 0.0414 e. The summed E-state index contributed by atoms with van der Waals surface area (Å²) >= 11 is 3.73. The lowest BCUT2D eigenvalue weighted by Gasteiger charge is -2.15. The van der Waals surface area contributed by atoms with Gasteiger partial charge in [0, 0.05) is 15.8 Å². The summed E-state index contributed by atoms with van der Waals surface area (Å²) in [6, 6.07) is 9.30. The highest BCUT2D eigenvalue weighted by Crippen LogP contribution is 2.24. The topological polar surface area (TPSA) is 12.0 Å². The first kappa shape index (κ1) is 12.8. The first-order chi connectivity index (χ1) is 8.40. The predicted molar refractivity (Wildman–Crippen MR) is 78.0 cm³/mol. The maximum absolute atomic E-state index is 3.58. The number of rotatable bonds is 7.